The maximum absolute atomic E-state index is 13.3. The minimum absolute atomic E-state index is 0.0399. The van der Waals surface area contributed by atoms with E-state index in [4.69, 9.17) is 4.98 Å². The van der Waals surface area contributed by atoms with Crippen molar-refractivity contribution in [3.8, 4) is 0 Å². The van der Waals surface area contributed by atoms with Crippen molar-refractivity contribution in [2.45, 2.75) is 44.2 Å². The highest BCUT2D eigenvalue weighted by Crippen LogP contribution is 2.44. The van der Waals surface area contributed by atoms with E-state index in [1.54, 1.807) is 11.0 Å². The summed E-state index contributed by atoms with van der Waals surface area (Å²) < 4.78 is 39.9. The predicted octanol–water partition coefficient (Wildman–Crippen LogP) is 4.59. The van der Waals surface area contributed by atoms with Crippen LogP contribution >= 0.6 is 0 Å². The molecule has 2 unspecified atom stereocenters. The Morgan fingerprint density at radius 1 is 1.16 bits per heavy atom. The first-order chi connectivity index (χ1) is 14.8. The Hall–Kier alpha value is -2.91. The number of hydrogen-bond donors (Lipinski definition) is 1. The zero-order chi connectivity index (χ0) is 22.0. The van der Waals surface area contributed by atoms with Gasteiger partial charge in [0.25, 0.3) is 0 Å². The van der Waals surface area contributed by atoms with Gasteiger partial charge in [-0.05, 0) is 43.9 Å². The van der Waals surface area contributed by atoms with E-state index in [0.29, 0.717) is 36.7 Å². The molecule has 2 amide bonds. The lowest BCUT2D eigenvalue weighted by molar-refractivity contribution is -0.183. The van der Waals surface area contributed by atoms with Crippen LogP contribution in [-0.2, 0) is 0 Å². The molecule has 1 saturated carbocycles. The van der Waals surface area contributed by atoms with Crippen LogP contribution < -0.4 is 15.1 Å². The number of rotatable bonds is 2. The van der Waals surface area contributed by atoms with Crippen molar-refractivity contribution in [2.75, 3.05) is 35.3 Å². The molecular formula is C21H25F3N6O. The highest BCUT2D eigenvalue weighted by Gasteiger charge is 2.42. The van der Waals surface area contributed by atoms with E-state index in [2.05, 4.69) is 15.3 Å². The summed E-state index contributed by atoms with van der Waals surface area (Å²) in [5.74, 6) is -0.730. The molecule has 1 aliphatic heterocycles. The Balaban J connectivity index is 1.63. The molecule has 0 bridgehead atoms. The van der Waals surface area contributed by atoms with E-state index in [1.807, 2.05) is 24.1 Å². The van der Waals surface area contributed by atoms with Gasteiger partial charge in [0, 0.05) is 37.9 Å². The van der Waals surface area contributed by atoms with E-state index in [1.165, 1.54) is 12.5 Å². The van der Waals surface area contributed by atoms with Gasteiger partial charge in [-0.2, -0.15) is 13.2 Å². The number of aromatic nitrogens is 3. The summed E-state index contributed by atoms with van der Waals surface area (Å²) in [7, 11) is 1.92. The average Bonchev–Trinajstić information content (AvgIpc) is 2.92. The minimum atomic E-state index is -4.19. The topological polar surface area (TPSA) is 74.2 Å². The Kier molecular flexibility index (Phi) is 5.97. The van der Waals surface area contributed by atoms with Crippen molar-refractivity contribution in [3.63, 3.8) is 0 Å². The molecule has 4 rings (SSSR count). The molecular weight excluding hydrogens is 409 g/mol. The van der Waals surface area contributed by atoms with Crippen molar-refractivity contribution in [2.24, 2.45) is 5.92 Å². The van der Waals surface area contributed by atoms with Gasteiger partial charge >= 0.3 is 12.2 Å². The van der Waals surface area contributed by atoms with E-state index in [-0.39, 0.29) is 24.8 Å². The van der Waals surface area contributed by atoms with Gasteiger partial charge in [-0.25, -0.2) is 19.7 Å². The van der Waals surface area contributed by atoms with Crippen molar-refractivity contribution in [1.82, 2.24) is 15.0 Å². The average molecular weight is 434 g/mol. The molecule has 1 N–H and O–H groups in total. The van der Waals surface area contributed by atoms with Gasteiger partial charge in [0.2, 0.25) is 0 Å². The van der Waals surface area contributed by atoms with Crippen molar-refractivity contribution in [1.29, 1.82) is 0 Å². The summed E-state index contributed by atoms with van der Waals surface area (Å²) in [5, 5.41) is 2.75. The molecule has 31 heavy (non-hydrogen) atoms. The van der Waals surface area contributed by atoms with Crippen LogP contribution in [0.3, 0.4) is 0 Å². The van der Waals surface area contributed by atoms with Gasteiger partial charge in [0.15, 0.2) is 5.82 Å². The second kappa shape index (κ2) is 8.68. The molecule has 1 fully saturated rings. The van der Waals surface area contributed by atoms with Gasteiger partial charge in [-0.3, -0.25) is 10.2 Å². The number of fused-ring (bicyclic) bond motifs is 1. The quantitative estimate of drug-likeness (QED) is 0.749. The Morgan fingerprint density at radius 2 is 2.00 bits per heavy atom. The zero-order valence-electron chi connectivity index (χ0n) is 17.3. The monoisotopic (exact) mass is 434 g/mol. The summed E-state index contributed by atoms with van der Waals surface area (Å²) in [6.07, 6.45) is 0.818. The van der Waals surface area contributed by atoms with E-state index in [9.17, 15) is 18.0 Å². The van der Waals surface area contributed by atoms with Crippen molar-refractivity contribution in [3.05, 3.63) is 36.4 Å². The summed E-state index contributed by atoms with van der Waals surface area (Å²) in [6.45, 7) is 1.19. The highest BCUT2D eigenvalue weighted by atomic mass is 19.4. The summed E-state index contributed by atoms with van der Waals surface area (Å²) in [5.41, 5.74) is 1.39. The number of halogens is 3. The molecule has 0 saturated heterocycles. The van der Waals surface area contributed by atoms with Gasteiger partial charge in [-0.15, -0.1) is 0 Å². The number of pyridine rings is 1. The van der Waals surface area contributed by atoms with Crippen LogP contribution in [0.4, 0.5) is 35.3 Å². The van der Waals surface area contributed by atoms with Crippen molar-refractivity contribution < 1.29 is 18.0 Å². The van der Waals surface area contributed by atoms with Gasteiger partial charge in [-0.1, -0.05) is 6.42 Å². The van der Waals surface area contributed by atoms with Gasteiger partial charge < -0.3 is 4.90 Å². The SMILES string of the molecule is CN1CCCN(C(=O)Nc2ccncn2)c2nc(C3CCCC(C(F)(F)F)C3)ccc21. The minimum Gasteiger partial charge on any atom is -0.372 e. The molecule has 2 atom stereocenters. The fourth-order valence-corrected chi connectivity index (χ4v) is 4.37. The number of carbonyl (C=O) groups is 1. The van der Waals surface area contributed by atoms with E-state index >= 15 is 0 Å². The molecule has 0 aromatic carbocycles. The molecule has 166 valence electrons. The smallest absolute Gasteiger partial charge is 0.372 e. The van der Waals surface area contributed by atoms with E-state index < -0.39 is 12.1 Å². The third kappa shape index (κ3) is 4.72. The Labute approximate surface area is 178 Å². The number of nitrogens with zero attached hydrogens (tertiary/aromatic N) is 5. The molecule has 3 heterocycles. The predicted molar refractivity (Wildman–Crippen MR) is 111 cm³/mol. The Bertz CT molecular complexity index is 923. The molecule has 7 nitrogen and oxygen atoms in total. The first kappa shape index (κ1) is 21.3. The molecule has 1 aliphatic carbocycles. The third-order valence-corrected chi connectivity index (χ3v) is 6.04. The third-order valence-electron chi connectivity index (χ3n) is 6.04. The number of alkyl halides is 3. The summed E-state index contributed by atoms with van der Waals surface area (Å²) in [4.78, 5) is 29.2. The van der Waals surface area contributed by atoms with Crippen LogP contribution in [0, 0.1) is 5.92 Å². The largest absolute Gasteiger partial charge is 0.391 e. The van der Waals surface area contributed by atoms with Gasteiger partial charge in [0.1, 0.15) is 12.1 Å². The molecule has 0 spiro atoms. The molecule has 2 aromatic rings. The van der Waals surface area contributed by atoms with Crippen LogP contribution in [0.15, 0.2) is 30.7 Å². The fraction of sp³-hybridized carbons (Fsp3) is 0.524. The summed E-state index contributed by atoms with van der Waals surface area (Å²) in [6, 6.07) is 4.89. The van der Waals surface area contributed by atoms with E-state index in [0.717, 1.165) is 18.7 Å². The number of hydrogen-bond acceptors (Lipinski definition) is 5. The van der Waals surface area contributed by atoms with Crippen LogP contribution in [0.25, 0.3) is 0 Å². The number of anilines is 3. The maximum atomic E-state index is 13.3. The second-order valence-electron chi connectivity index (χ2n) is 8.13. The number of nitrogens with one attached hydrogen (secondary N) is 1. The standard InChI is InChI=1S/C21H25F3N6O/c1-29-10-3-11-30(20(31)28-18-8-9-25-13-26-18)19-17(29)7-6-16(27-19)14-4-2-5-15(12-14)21(22,23)24/h6-9,13-15H,2-5,10-12H2,1H3,(H,25,26,28,31). The lowest BCUT2D eigenvalue weighted by Crippen LogP contribution is -2.36. The normalized spacial score (nSPS) is 21.9. The van der Waals surface area contributed by atoms with Gasteiger partial charge in [0.05, 0.1) is 11.6 Å². The molecule has 10 heteroatoms. The second-order valence-corrected chi connectivity index (χ2v) is 8.13. The zero-order valence-corrected chi connectivity index (χ0v) is 17.3. The lowest BCUT2D eigenvalue weighted by atomic mass is 9.79. The van der Waals surface area contributed by atoms with Crippen LogP contribution in [0.1, 0.15) is 43.7 Å². The van der Waals surface area contributed by atoms with Crippen LogP contribution in [-0.4, -0.2) is 47.3 Å². The summed E-state index contributed by atoms with van der Waals surface area (Å²) >= 11 is 0. The molecule has 2 aromatic heterocycles. The Morgan fingerprint density at radius 3 is 2.74 bits per heavy atom. The highest BCUT2D eigenvalue weighted by molar-refractivity contribution is 6.02. The van der Waals surface area contributed by atoms with Crippen molar-refractivity contribution >= 4 is 23.4 Å². The first-order valence-corrected chi connectivity index (χ1v) is 10.5. The maximum Gasteiger partial charge on any atom is 0.391 e. The fourth-order valence-electron chi connectivity index (χ4n) is 4.37. The number of amides is 2. The molecule has 0 radical (unpaired) electrons. The number of carbonyl (C=O) groups excluding carboxylic acids is 1. The number of urea groups is 1. The molecule has 2 aliphatic rings. The first-order valence-electron chi connectivity index (χ1n) is 10.5. The van der Waals surface area contributed by atoms with Crippen LogP contribution in [0.5, 0.6) is 0 Å². The lowest BCUT2D eigenvalue weighted by Gasteiger charge is -2.31. The van der Waals surface area contributed by atoms with Crippen LogP contribution in [0.2, 0.25) is 0 Å².